The first-order chi connectivity index (χ1) is 9.50. The first-order valence-electron chi connectivity index (χ1n) is 6.10. The molecule has 0 saturated heterocycles. The number of rotatable bonds is 4. The molecular formula is C16H15NO2S. The predicted molar refractivity (Wildman–Crippen MR) is 81.5 cm³/mol. The maximum atomic E-state index is 12.3. The fraction of sp³-hybridized carbons (Fsp3) is 0.0625. The van der Waals surface area contributed by atoms with E-state index in [9.17, 15) is 8.42 Å². The van der Waals surface area contributed by atoms with Gasteiger partial charge in [0.1, 0.15) is 0 Å². The second-order valence-corrected chi connectivity index (χ2v) is 6.33. The third kappa shape index (κ3) is 3.22. The zero-order valence-electron chi connectivity index (χ0n) is 11.2. The molecule has 0 fully saturated rings. The number of hydrogen-bond acceptors (Lipinski definition) is 3. The molecular weight excluding hydrogens is 270 g/mol. The van der Waals surface area contributed by atoms with Crippen LogP contribution in [0.1, 0.15) is 11.1 Å². The Balaban J connectivity index is 2.24. The van der Waals surface area contributed by atoms with E-state index in [1.165, 1.54) is 6.21 Å². The molecule has 0 aliphatic rings. The van der Waals surface area contributed by atoms with Crippen LogP contribution in [-0.4, -0.2) is 14.6 Å². The van der Waals surface area contributed by atoms with Crippen molar-refractivity contribution in [3.63, 3.8) is 0 Å². The average molecular weight is 285 g/mol. The van der Waals surface area contributed by atoms with Gasteiger partial charge in [-0.15, -0.1) is 0 Å². The lowest BCUT2D eigenvalue weighted by molar-refractivity contribution is 0.601. The Morgan fingerprint density at radius 3 is 2.25 bits per heavy atom. The van der Waals surface area contributed by atoms with Crippen molar-refractivity contribution in [2.45, 2.75) is 11.8 Å². The van der Waals surface area contributed by atoms with Gasteiger partial charge in [0.2, 0.25) is 9.84 Å². The van der Waals surface area contributed by atoms with Crippen LogP contribution in [0, 0.1) is 6.92 Å². The van der Waals surface area contributed by atoms with Gasteiger partial charge in [0.05, 0.1) is 4.90 Å². The van der Waals surface area contributed by atoms with Crippen molar-refractivity contribution in [3.05, 3.63) is 77.3 Å². The number of aliphatic imine (C=N–C) groups is 1. The lowest BCUT2D eigenvalue weighted by Gasteiger charge is -2.03. The second kappa shape index (κ2) is 5.84. The highest BCUT2D eigenvalue weighted by Crippen LogP contribution is 2.19. The van der Waals surface area contributed by atoms with Crippen LogP contribution in [0.25, 0.3) is 0 Å². The van der Waals surface area contributed by atoms with E-state index in [1.807, 2.05) is 37.3 Å². The lowest BCUT2D eigenvalue weighted by Crippen LogP contribution is -2.02. The Morgan fingerprint density at radius 2 is 1.65 bits per heavy atom. The van der Waals surface area contributed by atoms with Gasteiger partial charge in [0.15, 0.2) is 5.03 Å². The van der Waals surface area contributed by atoms with Crippen molar-refractivity contribution in [1.29, 1.82) is 0 Å². The zero-order chi connectivity index (χ0) is 14.6. The molecule has 0 bridgehead atoms. The normalized spacial score (nSPS) is 11.7. The molecule has 2 rings (SSSR count). The maximum Gasteiger partial charge on any atom is 0.223 e. The summed E-state index contributed by atoms with van der Waals surface area (Å²) < 4.78 is 24.5. The number of benzene rings is 2. The van der Waals surface area contributed by atoms with Crippen molar-refractivity contribution in [2.75, 3.05) is 0 Å². The van der Waals surface area contributed by atoms with E-state index in [-0.39, 0.29) is 9.92 Å². The molecule has 0 atom stereocenters. The van der Waals surface area contributed by atoms with Crippen molar-refractivity contribution < 1.29 is 8.42 Å². The van der Waals surface area contributed by atoms with Crippen molar-refractivity contribution in [1.82, 2.24) is 0 Å². The predicted octanol–water partition coefficient (Wildman–Crippen LogP) is 3.36. The molecule has 2 aromatic rings. The second-order valence-electron chi connectivity index (χ2n) is 4.38. The molecule has 0 heterocycles. The van der Waals surface area contributed by atoms with E-state index >= 15 is 0 Å². The molecule has 2 aromatic carbocycles. The summed E-state index contributed by atoms with van der Waals surface area (Å²) in [6, 6.07) is 15.9. The summed E-state index contributed by atoms with van der Waals surface area (Å²) in [6.07, 6.45) is 1.49. The van der Waals surface area contributed by atoms with Crippen molar-refractivity contribution in [2.24, 2.45) is 4.99 Å². The third-order valence-corrected chi connectivity index (χ3v) is 4.42. The van der Waals surface area contributed by atoms with Gasteiger partial charge in [-0.05, 0) is 24.6 Å². The number of aryl methyl sites for hydroxylation is 1. The van der Waals surface area contributed by atoms with Gasteiger partial charge in [0, 0.05) is 6.21 Å². The molecule has 0 radical (unpaired) electrons. The van der Waals surface area contributed by atoms with Crippen molar-refractivity contribution in [3.8, 4) is 0 Å². The van der Waals surface area contributed by atoms with Gasteiger partial charge in [0.25, 0.3) is 0 Å². The molecule has 3 nitrogen and oxygen atoms in total. The average Bonchev–Trinajstić information content (AvgIpc) is 2.46. The fourth-order valence-corrected chi connectivity index (χ4v) is 2.57. The maximum absolute atomic E-state index is 12.3. The van der Waals surface area contributed by atoms with Crippen LogP contribution in [0.15, 0.2) is 76.1 Å². The largest absolute Gasteiger partial charge is 0.244 e. The van der Waals surface area contributed by atoms with Gasteiger partial charge in [-0.25, -0.2) is 13.4 Å². The summed E-state index contributed by atoms with van der Waals surface area (Å²) in [4.78, 5) is 4.16. The fourth-order valence-electron chi connectivity index (χ4n) is 1.61. The Kier molecular flexibility index (Phi) is 4.15. The number of sulfone groups is 1. The standard InChI is InChI=1S/C16H15NO2S/c1-13-8-10-16(11-9-13)20(18,19)14(2)17-12-15-6-4-3-5-7-15/h3-12H,2H2,1H3/b17-12+. The van der Waals surface area contributed by atoms with Gasteiger partial charge in [-0.2, -0.15) is 0 Å². The summed E-state index contributed by atoms with van der Waals surface area (Å²) in [5, 5.41) is -0.162. The van der Waals surface area contributed by atoms with Gasteiger partial charge in [-0.3, -0.25) is 0 Å². The highest BCUT2D eigenvalue weighted by atomic mass is 32.2. The van der Waals surface area contributed by atoms with E-state index in [2.05, 4.69) is 11.6 Å². The summed E-state index contributed by atoms with van der Waals surface area (Å²) in [7, 11) is -3.62. The minimum absolute atomic E-state index is 0.162. The number of hydrogen-bond donors (Lipinski definition) is 0. The minimum atomic E-state index is -3.62. The Hall–Kier alpha value is -2.20. The summed E-state index contributed by atoms with van der Waals surface area (Å²) >= 11 is 0. The Morgan fingerprint density at radius 1 is 1.05 bits per heavy atom. The highest BCUT2D eigenvalue weighted by Gasteiger charge is 2.17. The van der Waals surface area contributed by atoms with E-state index in [1.54, 1.807) is 24.3 Å². The van der Waals surface area contributed by atoms with E-state index < -0.39 is 9.84 Å². The van der Waals surface area contributed by atoms with Crippen LogP contribution in [0.5, 0.6) is 0 Å². The van der Waals surface area contributed by atoms with Gasteiger partial charge in [-0.1, -0.05) is 54.6 Å². The lowest BCUT2D eigenvalue weighted by atomic mass is 10.2. The first kappa shape index (κ1) is 14.2. The van der Waals surface area contributed by atoms with E-state index in [0.717, 1.165) is 11.1 Å². The first-order valence-corrected chi connectivity index (χ1v) is 7.58. The Labute approximate surface area is 119 Å². The highest BCUT2D eigenvalue weighted by molar-refractivity contribution is 7.95. The molecule has 0 amide bonds. The third-order valence-electron chi connectivity index (χ3n) is 2.80. The van der Waals surface area contributed by atoms with E-state index in [4.69, 9.17) is 0 Å². The van der Waals surface area contributed by atoms with Crippen molar-refractivity contribution >= 4 is 16.1 Å². The quantitative estimate of drug-likeness (QED) is 0.809. The smallest absolute Gasteiger partial charge is 0.223 e. The molecule has 0 aliphatic carbocycles. The molecule has 102 valence electrons. The molecule has 0 aromatic heterocycles. The summed E-state index contributed by atoms with van der Waals surface area (Å²) in [5.74, 6) is 0. The van der Waals surface area contributed by atoms with Crippen LogP contribution in [0.4, 0.5) is 0 Å². The number of nitrogens with zero attached hydrogens (tertiary/aromatic N) is 1. The molecule has 0 saturated carbocycles. The van der Waals surface area contributed by atoms with Crippen LogP contribution < -0.4 is 0 Å². The molecule has 0 unspecified atom stereocenters. The van der Waals surface area contributed by atoms with Crippen LogP contribution >= 0.6 is 0 Å². The molecule has 0 spiro atoms. The minimum Gasteiger partial charge on any atom is -0.244 e. The molecule has 0 N–H and O–H groups in total. The summed E-state index contributed by atoms with van der Waals surface area (Å²) in [6.45, 7) is 5.46. The molecule has 0 aliphatic heterocycles. The molecule has 4 heteroatoms. The summed E-state index contributed by atoms with van der Waals surface area (Å²) in [5.41, 5.74) is 1.83. The molecule has 20 heavy (non-hydrogen) atoms. The van der Waals surface area contributed by atoms with E-state index in [0.29, 0.717) is 0 Å². The van der Waals surface area contributed by atoms with Crippen LogP contribution in [-0.2, 0) is 9.84 Å². The van der Waals surface area contributed by atoms with Gasteiger partial charge < -0.3 is 0 Å². The monoisotopic (exact) mass is 285 g/mol. The SMILES string of the molecule is C=C(/N=C/c1ccccc1)S(=O)(=O)c1ccc(C)cc1. The topological polar surface area (TPSA) is 46.5 Å². The zero-order valence-corrected chi connectivity index (χ0v) is 12.0. The van der Waals surface area contributed by atoms with Crippen LogP contribution in [0.2, 0.25) is 0 Å². The van der Waals surface area contributed by atoms with Gasteiger partial charge >= 0.3 is 0 Å². The van der Waals surface area contributed by atoms with Crippen LogP contribution in [0.3, 0.4) is 0 Å². The Bertz CT molecular complexity index is 730.